The summed E-state index contributed by atoms with van der Waals surface area (Å²) in [6, 6.07) is 3.75. The number of hydrogen-bond donors (Lipinski definition) is 1. The number of carbonyl (C=O) groups is 2. The average Bonchev–Trinajstić information content (AvgIpc) is 3.26. The highest BCUT2D eigenvalue weighted by Gasteiger charge is 2.22. The van der Waals surface area contributed by atoms with Crippen molar-refractivity contribution in [1.29, 1.82) is 0 Å². The fourth-order valence-corrected chi connectivity index (χ4v) is 3.43. The van der Waals surface area contributed by atoms with Crippen LogP contribution in [0.2, 0.25) is 0 Å². The minimum atomic E-state index is -0.0260. The van der Waals surface area contributed by atoms with Crippen LogP contribution in [0.5, 0.6) is 0 Å². The summed E-state index contributed by atoms with van der Waals surface area (Å²) in [6.45, 7) is 1.34. The molecule has 2 amide bonds. The van der Waals surface area contributed by atoms with Gasteiger partial charge in [0, 0.05) is 25.1 Å². The number of rotatable bonds is 5. The molecule has 0 aromatic carbocycles. The number of nitrogens with zero attached hydrogens (tertiary/aromatic N) is 1. The lowest BCUT2D eigenvalue weighted by atomic mass is 10.0. The van der Waals surface area contributed by atoms with Crippen molar-refractivity contribution in [2.24, 2.45) is 5.92 Å². The highest BCUT2D eigenvalue weighted by molar-refractivity contribution is 5.86. The quantitative estimate of drug-likeness (QED) is 0.908. The molecule has 23 heavy (non-hydrogen) atoms. The third-order valence-electron chi connectivity index (χ3n) is 4.73. The van der Waals surface area contributed by atoms with E-state index in [4.69, 9.17) is 4.42 Å². The van der Waals surface area contributed by atoms with Gasteiger partial charge in [0.2, 0.25) is 11.8 Å². The predicted molar refractivity (Wildman–Crippen MR) is 87.5 cm³/mol. The van der Waals surface area contributed by atoms with Gasteiger partial charge in [-0.3, -0.25) is 9.59 Å². The van der Waals surface area contributed by atoms with Crippen LogP contribution in [0.15, 0.2) is 28.9 Å². The van der Waals surface area contributed by atoms with Crippen molar-refractivity contribution >= 4 is 17.4 Å². The van der Waals surface area contributed by atoms with Crippen LogP contribution in [-0.2, 0) is 9.59 Å². The Balaban J connectivity index is 1.45. The molecule has 2 heterocycles. The van der Waals surface area contributed by atoms with Crippen LogP contribution in [0.25, 0.3) is 5.57 Å². The summed E-state index contributed by atoms with van der Waals surface area (Å²) in [7, 11) is 0. The molecular formula is C18H24N2O3. The van der Waals surface area contributed by atoms with E-state index in [1.165, 1.54) is 12.8 Å². The maximum Gasteiger partial charge on any atom is 0.242 e. The zero-order valence-electron chi connectivity index (χ0n) is 13.4. The second-order valence-corrected chi connectivity index (χ2v) is 6.44. The van der Waals surface area contributed by atoms with Crippen molar-refractivity contribution in [3.05, 3.63) is 30.2 Å². The monoisotopic (exact) mass is 316 g/mol. The summed E-state index contributed by atoms with van der Waals surface area (Å²) in [5, 5.41) is 2.78. The first-order valence-corrected chi connectivity index (χ1v) is 8.50. The first-order valence-electron chi connectivity index (χ1n) is 8.50. The molecule has 1 fully saturated rings. The number of nitrogens with one attached hydrogen (secondary N) is 1. The molecule has 5 nitrogen and oxygen atoms in total. The summed E-state index contributed by atoms with van der Waals surface area (Å²) in [5.41, 5.74) is 1.03. The Labute approximate surface area is 136 Å². The van der Waals surface area contributed by atoms with Gasteiger partial charge in [-0.2, -0.15) is 0 Å². The lowest BCUT2D eigenvalue weighted by molar-refractivity contribution is -0.132. The Hall–Kier alpha value is -2.04. The molecule has 0 saturated heterocycles. The van der Waals surface area contributed by atoms with Crippen molar-refractivity contribution in [1.82, 2.24) is 10.2 Å². The SMILES string of the molecule is O=C(CC1CCCC1)NCC(=O)N1CCC=C(c2ccco2)C1. The number of carbonyl (C=O) groups excluding carboxylic acids is 2. The largest absolute Gasteiger partial charge is 0.465 e. The van der Waals surface area contributed by atoms with E-state index in [2.05, 4.69) is 11.4 Å². The molecule has 1 saturated carbocycles. The second kappa shape index (κ2) is 7.49. The van der Waals surface area contributed by atoms with Crippen molar-refractivity contribution in [3.8, 4) is 0 Å². The van der Waals surface area contributed by atoms with E-state index in [9.17, 15) is 9.59 Å². The Kier molecular flexibility index (Phi) is 5.16. The van der Waals surface area contributed by atoms with Crippen LogP contribution in [0.3, 0.4) is 0 Å². The van der Waals surface area contributed by atoms with Crippen LogP contribution < -0.4 is 5.32 Å². The van der Waals surface area contributed by atoms with E-state index in [0.29, 0.717) is 25.4 Å². The molecule has 0 radical (unpaired) electrons. The van der Waals surface area contributed by atoms with E-state index < -0.39 is 0 Å². The summed E-state index contributed by atoms with van der Waals surface area (Å²) >= 11 is 0. The summed E-state index contributed by atoms with van der Waals surface area (Å²) in [5.74, 6) is 1.30. The lowest BCUT2D eigenvalue weighted by Gasteiger charge is -2.27. The van der Waals surface area contributed by atoms with Gasteiger partial charge in [-0.1, -0.05) is 18.9 Å². The molecule has 1 aliphatic heterocycles. The minimum Gasteiger partial charge on any atom is -0.465 e. The van der Waals surface area contributed by atoms with Gasteiger partial charge >= 0.3 is 0 Å². The third kappa shape index (κ3) is 4.24. The van der Waals surface area contributed by atoms with Gasteiger partial charge in [-0.05, 0) is 37.3 Å². The molecule has 0 spiro atoms. The lowest BCUT2D eigenvalue weighted by Crippen LogP contribution is -2.42. The van der Waals surface area contributed by atoms with Crippen molar-refractivity contribution < 1.29 is 14.0 Å². The van der Waals surface area contributed by atoms with E-state index in [1.807, 2.05) is 12.1 Å². The molecule has 5 heteroatoms. The zero-order valence-corrected chi connectivity index (χ0v) is 13.4. The van der Waals surface area contributed by atoms with Crippen LogP contribution in [0.1, 0.15) is 44.3 Å². The smallest absolute Gasteiger partial charge is 0.242 e. The zero-order chi connectivity index (χ0) is 16.1. The van der Waals surface area contributed by atoms with Gasteiger partial charge in [0.05, 0.1) is 12.8 Å². The molecule has 124 valence electrons. The number of hydrogen-bond acceptors (Lipinski definition) is 3. The first kappa shape index (κ1) is 15.8. The van der Waals surface area contributed by atoms with E-state index in [-0.39, 0.29) is 18.4 Å². The van der Waals surface area contributed by atoms with Gasteiger partial charge in [0.1, 0.15) is 5.76 Å². The molecule has 3 rings (SSSR count). The van der Waals surface area contributed by atoms with Crippen molar-refractivity contribution in [2.45, 2.75) is 38.5 Å². The Morgan fingerprint density at radius 2 is 2.13 bits per heavy atom. The fraction of sp³-hybridized carbons (Fsp3) is 0.556. The Bertz CT molecular complexity index is 571. The third-order valence-corrected chi connectivity index (χ3v) is 4.73. The molecule has 0 unspecified atom stereocenters. The molecule has 1 aromatic heterocycles. The van der Waals surface area contributed by atoms with Gasteiger partial charge in [-0.15, -0.1) is 0 Å². The highest BCUT2D eigenvalue weighted by atomic mass is 16.3. The summed E-state index contributed by atoms with van der Waals surface area (Å²) in [4.78, 5) is 26.0. The van der Waals surface area contributed by atoms with Crippen molar-refractivity contribution in [3.63, 3.8) is 0 Å². The molecule has 1 N–H and O–H groups in total. The van der Waals surface area contributed by atoms with Crippen LogP contribution >= 0.6 is 0 Å². The Morgan fingerprint density at radius 1 is 1.30 bits per heavy atom. The van der Waals surface area contributed by atoms with Crippen molar-refractivity contribution in [2.75, 3.05) is 19.6 Å². The molecule has 0 atom stereocenters. The minimum absolute atomic E-state index is 0.00376. The molecule has 2 aliphatic rings. The maximum absolute atomic E-state index is 12.3. The van der Waals surface area contributed by atoms with Gasteiger partial charge in [0.15, 0.2) is 0 Å². The first-order chi connectivity index (χ1) is 11.2. The number of furan rings is 1. The molecule has 1 aromatic rings. The average molecular weight is 316 g/mol. The fourth-order valence-electron chi connectivity index (χ4n) is 3.43. The maximum atomic E-state index is 12.3. The molecule has 0 bridgehead atoms. The predicted octanol–water partition coefficient (Wildman–Crippen LogP) is 2.59. The van der Waals surface area contributed by atoms with Crippen LogP contribution in [0, 0.1) is 5.92 Å². The van der Waals surface area contributed by atoms with Gasteiger partial charge in [-0.25, -0.2) is 0 Å². The molecular weight excluding hydrogens is 292 g/mol. The van der Waals surface area contributed by atoms with E-state index in [0.717, 1.165) is 30.6 Å². The van der Waals surface area contributed by atoms with E-state index >= 15 is 0 Å². The van der Waals surface area contributed by atoms with Gasteiger partial charge < -0.3 is 14.6 Å². The van der Waals surface area contributed by atoms with Crippen LogP contribution in [0.4, 0.5) is 0 Å². The van der Waals surface area contributed by atoms with E-state index in [1.54, 1.807) is 11.2 Å². The van der Waals surface area contributed by atoms with Gasteiger partial charge in [0.25, 0.3) is 0 Å². The summed E-state index contributed by atoms with van der Waals surface area (Å²) < 4.78 is 5.40. The standard InChI is InChI=1S/C18H24N2O3/c21-17(11-14-5-1-2-6-14)19-12-18(22)20-9-3-7-15(13-20)16-8-4-10-23-16/h4,7-8,10,14H,1-3,5-6,9,11-13H2,(H,19,21). The molecule has 1 aliphatic carbocycles. The van der Waals surface area contributed by atoms with Crippen LogP contribution in [-0.4, -0.2) is 36.3 Å². The topological polar surface area (TPSA) is 62.6 Å². The normalized spacial score (nSPS) is 18.8. The second-order valence-electron chi connectivity index (χ2n) is 6.44. The Morgan fingerprint density at radius 3 is 2.87 bits per heavy atom. The highest BCUT2D eigenvalue weighted by Crippen LogP contribution is 2.27. The summed E-state index contributed by atoms with van der Waals surface area (Å²) in [6.07, 6.45) is 9.87. The number of amides is 2.